The molecule has 4 nitrogen and oxygen atoms in total. The topological polar surface area (TPSA) is 41.6 Å². The molecule has 1 aliphatic rings. The maximum atomic E-state index is 13.5. The Labute approximate surface area is 122 Å². The second-order valence-electron chi connectivity index (χ2n) is 4.58. The fourth-order valence-corrected chi connectivity index (χ4v) is 2.95. The first-order valence-corrected chi connectivity index (χ1v) is 7.79. The summed E-state index contributed by atoms with van der Waals surface area (Å²) >= 11 is 1.87. The monoisotopic (exact) mass is 298 g/mol. The van der Waals surface area contributed by atoms with Crippen LogP contribution in [0.2, 0.25) is 0 Å². The number of amides is 2. The van der Waals surface area contributed by atoms with Crippen LogP contribution < -0.4 is 10.1 Å². The second-order valence-corrected chi connectivity index (χ2v) is 5.81. The lowest BCUT2D eigenvalue weighted by Crippen LogP contribution is -2.40. The molecule has 0 saturated carbocycles. The first-order chi connectivity index (χ1) is 9.70. The van der Waals surface area contributed by atoms with Crippen molar-refractivity contribution in [1.29, 1.82) is 0 Å². The van der Waals surface area contributed by atoms with E-state index in [0.29, 0.717) is 6.54 Å². The molecule has 0 aliphatic carbocycles. The first kappa shape index (κ1) is 15.0. The van der Waals surface area contributed by atoms with E-state index in [-0.39, 0.29) is 11.8 Å². The summed E-state index contributed by atoms with van der Waals surface area (Å²) in [5.41, 5.74) is 0.723. The molecule has 0 unspecified atom stereocenters. The third kappa shape index (κ3) is 4.03. The number of halogens is 1. The molecule has 0 bridgehead atoms. The molecule has 1 fully saturated rings. The molecule has 2 rings (SSSR count). The van der Waals surface area contributed by atoms with Crippen molar-refractivity contribution in [2.45, 2.75) is 13.0 Å². The molecule has 1 saturated heterocycles. The molecule has 110 valence electrons. The summed E-state index contributed by atoms with van der Waals surface area (Å²) in [4.78, 5) is 13.8. The Hall–Kier alpha value is -1.43. The molecule has 1 N–H and O–H groups in total. The van der Waals surface area contributed by atoms with Crippen LogP contribution >= 0.6 is 11.8 Å². The van der Waals surface area contributed by atoms with Crippen LogP contribution in [0.3, 0.4) is 0 Å². The van der Waals surface area contributed by atoms with Gasteiger partial charge in [-0.2, -0.15) is 11.8 Å². The Morgan fingerprint density at radius 2 is 2.30 bits per heavy atom. The van der Waals surface area contributed by atoms with Crippen molar-refractivity contribution >= 4 is 17.8 Å². The van der Waals surface area contributed by atoms with Gasteiger partial charge in [0, 0.05) is 25.4 Å². The molecule has 0 spiro atoms. The Morgan fingerprint density at radius 3 is 3.05 bits per heavy atom. The molecule has 1 aliphatic heterocycles. The van der Waals surface area contributed by atoms with Gasteiger partial charge in [0.1, 0.15) is 0 Å². The third-order valence-corrected chi connectivity index (χ3v) is 4.22. The molecule has 1 aromatic rings. The van der Waals surface area contributed by atoms with Gasteiger partial charge in [-0.05, 0) is 29.9 Å². The Balaban J connectivity index is 1.87. The number of ether oxygens (including phenoxy) is 1. The predicted molar refractivity (Wildman–Crippen MR) is 78.7 cm³/mol. The lowest BCUT2D eigenvalue weighted by Gasteiger charge is -2.20. The van der Waals surface area contributed by atoms with Crippen LogP contribution in [0.4, 0.5) is 9.18 Å². The molecular formula is C14H19FN2O2S. The highest BCUT2D eigenvalue weighted by Crippen LogP contribution is 2.17. The zero-order chi connectivity index (χ0) is 14.4. The van der Waals surface area contributed by atoms with Gasteiger partial charge in [-0.25, -0.2) is 9.18 Å². The Morgan fingerprint density at radius 1 is 1.45 bits per heavy atom. The van der Waals surface area contributed by atoms with Gasteiger partial charge in [-0.15, -0.1) is 0 Å². The van der Waals surface area contributed by atoms with Crippen LogP contribution in [0.5, 0.6) is 5.75 Å². The predicted octanol–water partition coefficient (Wildman–Crippen LogP) is 2.48. The lowest BCUT2D eigenvalue weighted by molar-refractivity contribution is 0.201. The van der Waals surface area contributed by atoms with Gasteiger partial charge in [0.05, 0.1) is 7.11 Å². The SMILES string of the molecule is COc1ccc(CNC(=O)N2CCCSCC2)cc1F. The van der Waals surface area contributed by atoms with E-state index in [9.17, 15) is 9.18 Å². The highest BCUT2D eigenvalue weighted by atomic mass is 32.2. The van der Waals surface area contributed by atoms with Gasteiger partial charge in [-0.1, -0.05) is 6.07 Å². The zero-order valence-corrected chi connectivity index (χ0v) is 12.3. The summed E-state index contributed by atoms with van der Waals surface area (Å²) < 4.78 is 18.4. The van der Waals surface area contributed by atoms with Crippen LogP contribution in [-0.4, -0.2) is 42.6 Å². The quantitative estimate of drug-likeness (QED) is 0.932. The number of hydrogen-bond acceptors (Lipinski definition) is 3. The summed E-state index contributed by atoms with van der Waals surface area (Å²) in [5.74, 6) is 1.88. The van der Waals surface area contributed by atoms with Crippen molar-refractivity contribution in [3.05, 3.63) is 29.6 Å². The summed E-state index contributed by atoms with van der Waals surface area (Å²) in [5, 5.41) is 2.83. The number of methoxy groups -OCH3 is 1. The highest BCUT2D eigenvalue weighted by Gasteiger charge is 2.15. The number of rotatable bonds is 3. The molecule has 2 amide bonds. The molecule has 20 heavy (non-hydrogen) atoms. The van der Waals surface area contributed by atoms with Crippen LogP contribution in [0.15, 0.2) is 18.2 Å². The van der Waals surface area contributed by atoms with E-state index in [1.54, 1.807) is 12.1 Å². The van der Waals surface area contributed by atoms with Crippen molar-refractivity contribution in [3.63, 3.8) is 0 Å². The first-order valence-electron chi connectivity index (χ1n) is 6.63. The van der Waals surface area contributed by atoms with Gasteiger partial charge in [0.25, 0.3) is 0 Å². The molecule has 1 heterocycles. The average Bonchev–Trinajstić information content (AvgIpc) is 2.74. The normalized spacial score (nSPS) is 15.6. The average molecular weight is 298 g/mol. The standard InChI is InChI=1S/C14H19FN2O2S/c1-19-13-4-3-11(9-12(13)15)10-16-14(18)17-5-2-7-20-8-6-17/h3-4,9H,2,5-8,10H2,1H3,(H,16,18). The molecule has 0 radical (unpaired) electrons. The van der Waals surface area contributed by atoms with E-state index < -0.39 is 5.82 Å². The number of nitrogens with one attached hydrogen (secondary N) is 1. The number of nitrogens with zero attached hydrogens (tertiary/aromatic N) is 1. The third-order valence-electron chi connectivity index (χ3n) is 3.17. The van der Waals surface area contributed by atoms with E-state index in [2.05, 4.69) is 5.32 Å². The van der Waals surface area contributed by atoms with Gasteiger partial charge < -0.3 is 15.0 Å². The number of carbonyl (C=O) groups excluding carboxylic acids is 1. The zero-order valence-electron chi connectivity index (χ0n) is 11.5. The van der Waals surface area contributed by atoms with Crippen molar-refractivity contribution in [2.24, 2.45) is 0 Å². The van der Waals surface area contributed by atoms with Crippen LogP contribution in [0, 0.1) is 5.82 Å². The minimum Gasteiger partial charge on any atom is -0.494 e. The number of hydrogen-bond donors (Lipinski definition) is 1. The highest BCUT2D eigenvalue weighted by molar-refractivity contribution is 7.99. The smallest absolute Gasteiger partial charge is 0.317 e. The van der Waals surface area contributed by atoms with Crippen LogP contribution in [-0.2, 0) is 6.54 Å². The Bertz CT molecular complexity index is 462. The van der Waals surface area contributed by atoms with Crippen molar-refractivity contribution in [1.82, 2.24) is 10.2 Å². The molecule has 6 heteroatoms. The van der Waals surface area contributed by atoms with E-state index in [4.69, 9.17) is 4.74 Å². The summed E-state index contributed by atoms with van der Waals surface area (Å²) in [6, 6.07) is 4.63. The van der Waals surface area contributed by atoms with Crippen molar-refractivity contribution < 1.29 is 13.9 Å². The van der Waals surface area contributed by atoms with Crippen LogP contribution in [0.25, 0.3) is 0 Å². The molecule has 1 aromatic carbocycles. The minimum atomic E-state index is -0.412. The van der Waals surface area contributed by atoms with Gasteiger partial charge in [0.15, 0.2) is 11.6 Å². The fourth-order valence-electron chi connectivity index (χ4n) is 2.06. The summed E-state index contributed by atoms with van der Waals surface area (Å²) in [6.45, 7) is 1.88. The van der Waals surface area contributed by atoms with E-state index >= 15 is 0 Å². The Kier molecular flexibility index (Phi) is 5.52. The maximum absolute atomic E-state index is 13.5. The molecule has 0 aromatic heterocycles. The number of urea groups is 1. The van der Waals surface area contributed by atoms with Crippen molar-refractivity contribution in [2.75, 3.05) is 31.7 Å². The van der Waals surface area contributed by atoms with E-state index in [1.165, 1.54) is 13.2 Å². The maximum Gasteiger partial charge on any atom is 0.317 e. The number of benzene rings is 1. The summed E-state index contributed by atoms with van der Waals surface area (Å²) in [7, 11) is 1.43. The number of carbonyl (C=O) groups is 1. The van der Waals surface area contributed by atoms with Crippen molar-refractivity contribution in [3.8, 4) is 5.75 Å². The van der Waals surface area contributed by atoms with E-state index in [0.717, 1.165) is 36.6 Å². The van der Waals surface area contributed by atoms with Gasteiger partial charge in [0.2, 0.25) is 0 Å². The second kappa shape index (κ2) is 7.38. The molecule has 0 atom stereocenters. The summed E-state index contributed by atoms with van der Waals surface area (Å²) in [6.07, 6.45) is 1.02. The number of thioether (sulfide) groups is 1. The largest absolute Gasteiger partial charge is 0.494 e. The lowest BCUT2D eigenvalue weighted by atomic mass is 10.2. The fraction of sp³-hybridized carbons (Fsp3) is 0.500. The molecular weight excluding hydrogens is 279 g/mol. The van der Waals surface area contributed by atoms with Crippen LogP contribution in [0.1, 0.15) is 12.0 Å². The van der Waals surface area contributed by atoms with E-state index in [1.807, 2.05) is 16.7 Å². The minimum absolute atomic E-state index is 0.0799. The van der Waals surface area contributed by atoms with Gasteiger partial charge in [-0.3, -0.25) is 0 Å². The van der Waals surface area contributed by atoms with Gasteiger partial charge >= 0.3 is 6.03 Å².